The monoisotopic (exact) mass is 253 g/mol. The quantitative estimate of drug-likeness (QED) is 0.714. The molecule has 3 heteroatoms. The van der Waals surface area contributed by atoms with Crippen LogP contribution in [0.5, 0.6) is 5.75 Å². The first-order valence-electron chi connectivity index (χ1n) is 6.39. The molecule has 0 fully saturated rings. The van der Waals surface area contributed by atoms with Crippen LogP contribution in [0.25, 0.3) is 11.0 Å². The highest BCUT2D eigenvalue weighted by Gasteiger charge is 2.14. The van der Waals surface area contributed by atoms with Crippen molar-refractivity contribution in [3.63, 3.8) is 0 Å². The number of hydrogen-bond acceptors (Lipinski definition) is 1. The van der Waals surface area contributed by atoms with Crippen LogP contribution in [0.3, 0.4) is 0 Å². The molecule has 0 spiro atoms. The van der Waals surface area contributed by atoms with Gasteiger partial charge in [-0.05, 0) is 36.8 Å². The number of fused-ring (bicyclic) bond motifs is 1. The van der Waals surface area contributed by atoms with E-state index in [1.165, 1.54) is 11.1 Å². The van der Waals surface area contributed by atoms with Gasteiger partial charge in [0, 0.05) is 0 Å². The summed E-state index contributed by atoms with van der Waals surface area (Å²) >= 11 is 0. The standard InChI is InChI=1S/C16H16N2O/c1-12-6-5-7-13(10-12)19-11-16-17-14-8-3-4-9-15(14)18(16)2/h3-10H,11H2,1-2H3/p+1. The number of H-pyrrole nitrogens is 1. The Bertz CT molecular complexity index is 716. The van der Waals surface area contributed by atoms with E-state index in [2.05, 4.69) is 34.7 Å². The average molecular weight is 253 g/mol. The molecule has 0 aliphatic carbocycles. The van der Waals surface area contributed by atoms with Crippen LogP contribution in [0.1, 0.15) is 11.4 Å². The number of para-hydroxylation sites is 2. The van der Waals surface area contributed by atoms with Gasteiger partial charge in [0.15, 0.2) is 17.6 Å². The summed E-state index contributed by atoms with van der Waals surface area (Å²) in [4.78, 5) is 3.39. The molecule has 3 aromatic rings. The molecular formula is C16H17N2O+. The maximum Gasteiger partial charge on any atom is 0.293 e. The Labute approximate surface area is 112 Å². The third-order valence-corrected chi connectivity index (χ3v) is 3.31. The number of hydrogen-bond donors (Lipinski definition) is 1. The fourth-order valence-electron chi connectivity index (χ4n) is 2.25. The maximum atomic E-state index is 5.83. The number of nitrogens with zero attached hydrogens (tertiary/aromatic N) is 1. The van der Waals surface area contributed by atoms with Crippen molar-refractivity contribution in [1.82, 2.24) is 4.98 Å². The number of imidazole rings is 1. The van der Waals surface area contributed by atoms with Crippen LogP contribution in [0.2, 0.25) is 0 Å². The first kappa shape index (κ1) is 11.8. The summed E-state index contributed by atoms with van der Waals surface area (Å²) in [6.07, 6.45) is 0. The summed E-state index contributed by atoms with van der Waals surface area (Å²) in [7, 11) is 2.05. The van der Waals surface area contributed by atoms with Gasteiger partial charge < -0.3 is 4.74 Å². The Morgan fingerprint density at radius 2 is 1.95 bits per heavy atom. The largest absolute Gasteiger partial charge is 0.481 e. The lowest BCUT2D eigenvalue weighted by Crippen LogP contribution is -2.32. The number of rotatable bonds is 3. The number of benzene rings is 2. The first-order valence-corrected chi connectivity index (χ1v) is 6.39. The second-order valence-corrected chi connectivity index (χ2v) is 4.75. The van der Waals surface area contributed by atoms with Gasteiger partial charge in [-0.2, -0.15) is 0 Å². The molecule has 3 rings (SSSR count). The van der Waals surface area contributed by atoms with Gasteiger partial charge in [0.2, 0.25) is 0 Å². The third-order valence-electron chi connectivity index (χ3n) is 3.31. The van der Waals surface area contributed by atoms with E-state index in [-0.39, 0.29) is 0 Å². The van der Waals surface area contributed by atoms with Crippen molar-refractivity contribution in [2.75, 3.05) is 0 Å². The average Bonchev–Trinajstić information content (AvgIpc) is 2.74. The molecule has 0 aliphatic heterocycles. The Morgan fingerprint density at radius 1 is 1.11 bits per heavy atom. The fourth-order valence-corrected chi connectivity index (χ4v) is 2.25. The van der Waals surface area contributed by atoms with Crippen molar-refractivity contribution in [1.29, 1.82) is 0 Å². The molecule has 0 saturated carbocycles. The van der Waals surface area contributed by atoms with Crippen LogP contribution in [0.15, 0.2) is 48.5 Å². The van der Waals surface area contributed by atoms with Gasteiger partial charge in [0.25, 0.3) is 5.82 Å². The summed E-state index contributed by atoms with van der Waals surface area (Å²) in [6.45, 7) is 2.60. The van der Waals surface area contributed by atoms with Crippen molar-refractivity contribution in [2.24, 2.45) is 7.05 Å². The molecule has 0 aliphatic rings. The highest BCUT2D eigenvalue weighted by atomic mass is 16.5. The van der Waals surface area contributed by atoms with Gasteiger partial charge in [-0.3, -0.25) is 0 Å². The highest BCUT2D eigenvalue weighted by molar-refractivity contribution is 5.70. The molecule has 19 heavy (non-hydrogen) atoms. The summed E-state index contributed by atoms with van der Waals surface area (Å²) < 4.78 is 7.96. The van der Waals surface area contributed by atoms with E-state index in [0.717, 1.165) is 17.1 Å². The minimum atomic E-state index is 0.536. The molecule has 0 amide bonds. The topological polar surface area (TPSA) is 28.9 Å². The molecule has 1 N–H and O–H groups in total. The summed E-state index contributed by atoms with van der Waals surface area (Å²) in [5.41, 5.74) is 3.52. The molecule has 0 unspecified atom stereocenters. The number of nitrogens with one attached hydrogen (secondary N) is 1. The van der Waals surface area contributed by atoms with Crippen molar-refractivity contribution in [2.45, 2.75) is 13.5 Å². The second kappa shape index (κ2) is 4.76. The molecular weight excluding hydrogens is 236 g/mol. The van der Waals surface area contributed by atoms with Crippen LogP contribution in [0.4, 0.5) is 0 Å². The van der Waals surface area contributed by atoms with E-state index in [1.54, 1.807) is 0 Å². The molecule has 0 saturated heterocycles. The Hall–Kier alpha value is -2.29. The van der Waals surface area contributed by atoms with Gasteiger partial charge in [-0.15, -0.1) is 0 Å². The van der Waals surface area contributed by atoms with E-state index >= 15 is 0 Å². The molecule has 96 valence electrons. The normalized spacial score (nSPS) is 10.8. The summed E-state index contributed by atoms with van der Waals surface area (Å²) in [5.74, 6) is 1.96. The smallest absolute Gasteiger partial charge is 0.293 e. The van der Waals surface area contributed by atoms with Gasteiger partial charge in [0.05, 0.1) is 7.05 Å². The molecule has 0 atom stereocenters. The third kappa shape index (κ3) is 2.32. The highest BCUT2D eigenvalue weighted by Crippen LogP contribution is 2.14. The van der Waals surface area contributed by atoms with Crippen molar-refractivity contribution >= 4 is 11.0 Å². The van der Waals surface area contributed by atoms with Crippen LogP contribution in [0, 0.1) is 6.92 Å². The van der Waals surface area contributed by atoms with Crippen LogP contribution in [-0.2, 0) is 13.7 Å². The maximum absolute atomic E-state index is 5.83. The van der Waals surface area contributed by atoms with E-state index in [9.17, 15) is 0 Å². The Kier molecular flexibility index (Phi) is 2.95. The molecule has 0 radical (unpaired) electrons. The molecule has 3 nitrogen and oxygen atoms in total. The molecule has 2 aromatic carbocycles. The predicted octanol–water partition coefficient (Wildman–Crippen LogP) is 2.88. The summed E-state index contributed by atoms with van der Waals surface area (Å²) in [5, 5.41) is 0. The van der Waals surface area contributed by atoms with Gasteiger partial charge in [0.1, 0.15) is 5.75 Å². The zero-order chi connectivity index (χ0) is 13.2. The number of aromatic nitrogens is 2. The van der Waals surface area contributed by atoms with Crippen LogP contribution < -0.4 is 9.30 Å². The second-order valence-electron chi connectivity index (χ2n) is 4.75. The SMILES string of the molecule is Cc1cccc(OCc2[nH]c3ccccc3[n+]2C)c1. The number of aromatic amines is 1. The lowest BCUT2D eigenvalue weighted by molar-refractivity contribution is -0.654. The van der Waals surface area contributed by atoms with E-state index in [1.807, 2.05) is 37.4 Å². The fraction of sp³-hybridized carbons (Fsp3) is 0.188. The van der Waals surface area contributed by atoms with Crippen molar-refractivity contribution in [3.05, 3.63) is 59.9 Å². The van der Waals surface area contributed by atoms with Gasteiger partial charge >= 0.3 is 0 Å². The minimum absolute atomic E-state index is 0.536. The number of ether oxygens (including phenoxy) is 1. The van der Waals surface area contributed by atoms with Crippen LogP contribution >= 0.6 is 0 Å². The van der Waals surface area contributed by atoms with E-state index in [4.69, 9.17) is 4.74 Å². The summed E-state index contributed by atoms with van der Waals surface area (Å²) in [6, 6.07) is 16.4. The van der Waals surface area contributed by atoms with Gasteiger partial charge in [-0.25, -0.2) is 9.55 Å². The molecule has 1 aromatic heterocycles. The van der Waals surface area contributed by atoms with Crippen LogP contribution in [-0.4, -0.2) is 4.98 Å². The minimum Gasteiger partial charge on any atom is -0.481 e. The Balaban J connectivity index is 1.84. The molecule has 1 heterocycles. The van der Waals surface area contributed by atoms with E-state index in [0.29, 0.717) is 6.61 Å². The first-order chi connectivity index (χ1) is 9.24. The van der Waals surface area contributed by atoms with Gasteiger partial charge in [-0.1, -0.05) is 24.3 Å². The van der Waals surface area contributed by atoms with Crippen molar-refractivity contribution < 1.29 is 9.30 Å². The lowest BCUT2D eigenvalue weighted by atomic mass is 10.2. The van der Waals surface area contributed by atoms with Crippen molar-refractivity contribution in [3.8, 4) is 5.75 Å². The Morgan fingerprint density at radius 3 is 2.74 bits per heavy atom. The lowest BCUT2D eigenvalue weighted by Gasteiger charge is -2.03. The zero-order valence-corrected chi connectivity index (χ0v) is 11.2. The number of aryl methyl sites for hydroxylation is 2. The molecule has 0 bridgehead atoms. The zero-order valence-electron chi connectivity index (χ0n) is 11.2. The van der Waals surface area contributed by atoms with E-state index < -0.39 is 0 Å². The predicted molar refractivity (Wildman–Crippen MR) is 75.0 cm³/mol.